The largest absolute Gasteiger partial charge is 0.323 e. The molecule has 2 amide bonds. The third-order valence-corrected chi connectivity index (χ3v) is 5.00. The van der Waals surface area contributed by atoms with E-state index in [2.05, 4.69) is 40.0 Å². The maximum absolute atomic E-state index is 13.8. The summed E-state index contributed by atoms with van der Waals surface area (Å²) in [5, 5.41) is 12.0. The summed E-state index contributed by atoms with van der Waals surface area (Å²) in [4.78, 5) is 12.3. The molecule has 1 heterocycles. The van der Waals surface area contributed by atoms with E-state index in [1.54, 1.807) is 6.92 Å². The highest BCUT2D eigenvalue weighted by molar-refractivity contribution is 6.00. The van der Waals surface area contributed by atoms with Gasteiger partial charge in [0.05, 0.1) is 29.3 Å². The average Bonchev–Trinajstić information content (AvgIpc) is 2.98. The summed E-state index contributed by atoms with van der Waals surface area (Å²) in [7, 11) is 0. The topological polar surface area (TPSA) is 59.0 Å². The van der Waals surface area contributed by atoms with Crippen LogP contribution in [0.1, 0.15) is 17.0 Å². The van der Waals surface area contributed by atoms with Crippen molar-refractivity contribution < 1.29 is 13.6 Å². The van der Waals surface area contributed by atoms with Crippen LogP contribution in [0.3, 0.4) is 0 Å². The van der Waals surface area contributed by atoms with Gasteiger partial charge < -0.3 is 10.6 Å². The first-order valence-electron chi connectivity index (χ1n) is 9.46. The van der Waals surface area contributed by atoms with Gasteiger partial charge in [0.1, 0.15) is 11.6 Å². The molecule has 0 aliphatic rings. The van der Waals surface area contributed by atoms with Crippen LogP contribution >= 0.6 is 0 Å². The van der Waals surface area contributed by atoms with Gasteiger partial charge in [0, 0.05) is 6.07 Å². The number of amides is 2. The lowest BCUT2D eigenvalue weighted by Gasteiger charge is -2.10. The summed E-state index contributed by atoms with van der Waals surface area (Å²) >= 11 is 0. The van der Waals surface area contributed by atoms with Crippen molar-refractivity contribution in [2.45, 2.75) is 20.4 Å². The van der Waals surface area contributed by atoms with E-state index in [0.717, 1.165) is 28.1 Å². The lowest BCUT2D eigenvalue weighted by molar-refractivity contribution is 0.262. The standard InChI is InChI=1S/C23H20F2N4O/c1-14-22(27-23(30)26-21-11-10-18(24)12-20(21)25)15(2)29(28-14)13-17-8-5-7-16-6-3-4-9-19(16)17/h3-12H,13H2,1-2H3,(H2,26,27,30). The molecule has 0 aliphatic heterocycles. The van der Waals surface area contributed by atoms with E-state index in [1.165, 1.54) is 6.07 Å². The predicted octanol–water partition coefficient (Wildman–Crippen LogP) is 5.62. The molecular formula is C23H20F2N4O. The molecule has 0 fully saturated rings. The van der Waals surface area contributed by atoms with Gasteiger partial charge >= 0.3 is 6.03 Å². The van der Waals surface area contributed by atoms with E-state index in [1.807, 2.05) is 29.8 Å². The molecule has 0 bridgehead atoms. The van der Waals surface area contributed by atoms with Gasteiger partial charge in [0.2, 0.25) is 0 Å². The first-order valence-corrected chi connectivity index (χ1v) is 9.46. The number of carbonyl (C=O) groups excluding carboxylic acids is 1. The fourth-order valence-corrected chi connectivity index (χ4v) is 3.48. The molecule has 2 N–H and O–H groups in total. The van der Waals surface area contributed by atoms with E-state index >= 15 is 0 Å². The number of anilines is 2. The number of hydrogen-bond acceptors (Lipinski definition) is 2. The minimum absolute atomic E-state index is 0.104. The Labute approximate surface area is 172 Å². The molecule has 0 saturated heterocycles. The van der Waals surface area contributed by atoms with Crippen LogP contribution in [0.5, 0.6) is 0 Å². The quantitative estimate of drug-likeness (QED) is 0.462. The summed E-state index contributed by atoms with van der Waals surface area (Å²) in [5.74, 6) is -1.55. The van der Waals surface area contributed by atoms with Crippen molar-refractivity contribution >= 4 is 28.2 Å². The van der Waals surface area contributed by atoms with Crippen molar-refractivity contribution in [3.63, 3.8) is 0 Å². The number of rotatable bonds is 4. The number of aromatic nitrogens is 2. The zero-order valence-electron chi connectivity index (χ0n) is 16.5. The number of fused-ring (bicyclic) bond motifs is 1. The molecule has 4 rings (SSSR count). The summed E-state index contributed by atoms with van der Waals surface area (Å²) in [6, 6.07) is 16.6. The summed E-state index contributed by atoms with van der Waals surface area (Å²) in [5.41, 5.74) is 2.98. The smallest absolute Gasteiger partial charge is 0.305 e. The Morgan fingerprint density at radius 1 is 1.00 bits per heavy atom. The third-order valence-electron chi connectivity index (χ3n) is 5.00. The molecule has 0 aliphatic carbocycles. The van der Waals surface area contributed by atoms with Crippen LogP contribution in [-0.4, -0.2) is 15.8 Å². The van der Waals surface area contributed by atoms with Crippen LogP contribution in [0.4, 0.5) is 25.0 Å². The SMILES string of the molecule is Cc1nn(Cc2cccc3ccccc23)c(C)c1NC(=O)Nc1ccc(F)cc1F. The fourth-order valence-electron chi connectivity index (χ4n) is 3.48. The molecule has 1 aromatic heterocycles. The summed E-state index contributed by atoms with van der Waals surface area (Å²) in [6.45, 7) is 4.20. The summed E-state index contributed by atoms with van der Waals surface area (Å²) < 4.78 is 28.6. The van der Waals surface area contributed by atoms with Gasteiger partial charge in [-0.25, -0.2) is 13.6 Å². The highest BCUT2D eigenvalue weighted by Crippen LogP contribution is 2.24. The minimum Gasteiger partial charge on any atom is -0.305 e. The van der Waals surface area contributed by atoms with Crippen LogP contribution in [0.15, 0.2) is 60.7 Å². The number of nitrogens with one attached hydrogen (secondary N) is 2. The van der Waals surface area contributed by atoms with Gasteiger partial charge in [-0.3, -0.25) is 4.68 Å². The lowest BCUT2D eigenvalue weighted by Crippen LogP contribution is -2.21. The normalized spacial score (nSPS) is 10.9. The van der Waals surface area contributed by atoms with Crippen molar-refractivity contribution in [1.29, 1.82) is 0 Å². The number of aryl methyl sites for hydroxylation is 1. The molecular weight excluding hydrogens is 386 g/mol. The molecule has 0 spiro atoms. The first-order chi connectivity index (χ1) is 14.4. The molecule has 0 saturated carbocycles. The maximum Gasteiger partial charge on any atom is 0.323 e. The highest BCUT2D eigenvalue weighted by atomic mass is 19.1. The van der Waals surface area contributed by atoms with Gasteiger partial charge in [-0.15, -0.1) is 0 Å². The Morgan fingerprint density at radius 2 is 1.77 bits per heavy atom. The van der Waals surface area contributed by atoms with Crippen LogP contribution in [0.25, 0.3) is 10.8 Å². The van der Waals surface area contributed by atoms with Crippen molar-refractivity contribution in [2.24, 2.45) is 0 Å². The second kappa shape index (κ2) is 7.94. The van der Waals surface area contributed by atoms with Crippen LogP contribution < -0.4 is 10.6 Å². The highest BCUT2D eigenvalue weighted by Gasteiger charge is 2.16. The minimum atomic E-state index is -0.842. The Kier molecular flexibility index (Phi) is 5.18. The van der Waals surface area contributed by atoms with Crippen LogP contribution in [0, 0.1) is 25.5 Å². The van der Waals surface area contributed by atoms with Gasteiger partial charge in [-0.1, -0.05) is 42.5 Å². The van der Waals surface area contributed by atoms with E-state index in [9.17, 15) is 13.6 Å². The number of benzene rings is 3. The van der Waals surface area contributed by atoms with Crippen LogP contribution in [0.2, 0.25) is 0 Å². The number of hydrogen-bond donors (Lipinski definition) is 2. The number of carbonyl (C=O) groups is 1. The Balaban J connectivity index is 1.55. The second-order valence-corrected chi connectivity index (χ2v) is 7.05. The van der Waals surface area contributed by atoms with Crippen molar-refractivity contribution in [2.75, 3.05) is 10.6 Å². The molecule has 152 valence electrons. The van der Waals surface area contributed by atoms with Crippen molar-refractivity contribution in [1.82, 2.24) is 9.78 Å². The van der Waals surface area contributed by atoms with Gasteiger partial charge in [-0.05, 0) is 42.3 Å². The molecule has 0 unspecified atom stereocenters. The number of nitrogens with zero attached hydrogens (tertiary/aromatic N) is 2. The van der Waals surface area contributed by atoms with E-state index in [4.69, 9.17) is 0 Å². The Bertz CT molecular complexity index is 1240. The molecule has 30 heavy (non-hydrogen) atoms. The average molecular weight is 406 g/mol. The van der Waals surface area contributed by atoms with Gasteiger partial charge in [0.25, 0.3) is 0 Å². The molecule has 7 heteroatoms. The van der Waals surface area contributed by atoms with E-state index < -0.39 is 17.7 Å². The Morgan fingerprint density at radius 3 is 2.57 bits per heavy atom. The monoisotopic (exact) mass is 406 g/mol. The third kappa shape index (κ3) is 3.87. The van der Waals surface area contributed by atoms with E-state index in [0.29, 0.717) is 24.0 Å². The van der Waals surface area contributed by atoms with E-state index in [-0.39, 0.29) is 5.69 Å². The van der Waals surface area contributed by atoms with Crippen molar-refractivity contribution in [3.05, 3.63) is 89.2 Å². The number of halogens is 2. The fraction of sp³-hybridized carbons (Fsp3) is 0.130. The predicted molar refractivity (Wildman–Crippen MR) is 114 cm³/mol. The molecule has 5 nitrogen and oxygen atoms in total. The molecule has 3 aromatic carbocycles. The van der Waals surface area contributed by atoms with Crippen molar-refractivity contribution in [3.8, 4) is 0 Å². The van der Waals surface area contributed by atoms with Gasteiger partial charge in [0.15, 0.2) is 0 Å². The zero-order valence-corrected chi connectivity index (χ0v) is 16.5. The second-order valence-electron chi connectivity index (χ2n) is 7.05. The van der Waals surface area contributed by atoms with Gasteiger partial charge in [-0.2, -0.15) is 5.10 Å². The molecule has 0 atom stereocenters. The molecule has 0 radical (unpaired) electrons. The van der Waals surface area contributed by atoms with Crippen LogP contribution in [-0.2, 0) is 6.54 Å². The molecule has 4 aromatic rings. The zero-order chi connectivity index (χ0) is 21.3. The first kappa shape index (κ1) is 19.6. The maximum atomic E-state index is 13.8. The Hall–Kier alpha value is -3.74. The number of urea groups is 1. The summed E-state index contributed by atoms with van der Waals surface area (Å²) in [6.07, 6.45) is 0. The lowest BCUT2D eigenvalue weighted by atomic mass is 10.0.